The fourth-order valence-electron chi connectivity index (χ4n) is 1.16. The van der Waals surface area contributed by atoms with Gasteiger partial charge in [0, 0.05) is 17.7 Å². The van der Waals surface area contributed by atoms with E-state index < -0.39 is 0 Å². The quantitative estimate of drug-likeness (QED) is 0.727. The summed E-state index contributed by atoms with van der Waals surface area (Å²) in [6.07, 6.45) is 0. The van der Waals surface area contributed by atoms with Crippen LogP contribution in [-0.2, 0) is 11.3 Å². The Morgan fingerprint density at radius 2 is 2.07 bits per heavy atom. The summed E-state index contributed by atoms with van der Waals surface area (Å²) in [6, 6.07) is 5.00. The maximum atomic E-state index is 11.5. The van der Waals surface area contributed by atoms with Gasteiger partial charge in [0.1, 0.15) is 0 Å². The number of pyridine rings is 1. The molecule has 1 rings (SSSR count). The molecule has 0 saturated carbocycles. The van der Waals surface area contributed by atoms with Crippen LogP contribution in [-0.4, -0.2) is 10.4 Å². The Morgan fingerprint density at radius 3 is 2.57 bits per heavy atom. The van der Waals surface area contributed by atoms with Crippen molar-refractivity contribution in [3.63, 3.8) is 0 Å². The summed E-state index contributed by atoms with van der Waals surface area (Å²) in [7, 11) is 0. The van der Waals surface area contributed by atoms with Gasteiger partial charge in [0.2, 0.25) is 0 Å². The number of Topliss-reactive ketones (excluding diaryl/α,β-unsaturated/α-hetero) is 1. The fraction of sp³-hybridized carbons (Fsp3) is 0.455. The first-order valence-corrected chi connectivity index (χ1v) is 4.71. The van der Waals surface area contributed by atoms with Gasteiger partial charge in [-0.1, -0.05) is 19.9 Å². The third-order valence-corrected chi connectivity index (χ3v) is 2.23. The number of nitrogens with zero attached hydrogens (tertiary/aromatic N) is 1. The Bertz CT molecular complexity index is 391. The van der Waals surface area contributed by atoms with Crippen molar-refractivity contribution in [2.75, 3.05) is 0 Å². The highest BCUT2D eigenvalue weighted by Crippen LogP contribution is 1.99. The standard InChI is InChI=1S/C11H15NO2/c1-8(2)10(13)7-12-9(3)5-4-6-11(12)14/h4-6,8H,7H2,1-3H3. The molecular formula is C11H15NO2. The highest BCUT2D eigenvalue weighted by molar-refractivity contribution is 5.80. The minimum atomic E-state index is -0.112. The van der Waals surface area contributed by atoms with Gasteiger partial charge in [-0.2, -0.15) is 0 Å². The molecule has 0 spiro atoms. The Kier molecular flexibility index (Phi) is 3.23. The zero-order valence-electron chi connectivity index (χ0n) is 8.78. The topological polar surface area (TPSA) is 39.1 Å². The molecule has 3 nitrogen and oxygen atoms in total. The highest BCUT2D eigenvalue weighted by Gasteiger charge is 2.09. The van der Waals surface area contributed by atoms with Gasteiger partial charge in [-0.25, -0.2) is 0 Å². The van der Waals surface area contributed by atoms with Crippen molar-refractivity contribution in [3.8, 4) is 0 Å². The van der Waals surface area contributed by atoms with Crippen molar-refractivity contribution in [2.24, 2.45) is 5.92 Å². The zero-order valence-corrected chi connectivity index (χ0v) is 8.78. The maximum absolute atomic E-state index is 11.5. The molecule has 0 unspecified atom stereocenters. The summed E-state index contributed by atoms with van der Waals surface area (Å²) in [5.41, 5.74) is 0.713. The first-order valence-electron chi connectivity index (χ1n) is 4.71. The molecule has 3 heteroatoms. The van der Waals surface area contributed by atoms with Gasteiger partial charge in [-0.05, 0) is 13.0 Å². The lowest BCUT2D eigenvalue weighted by Crippen LogP contribution is -2.27. The lowest BCUT2D eigenvalue weighted by atomic mass is 10.1. The van der Waals surface area contributed by atoms with Gasteiger partial charge >= 0.3 is 0 Å². The summed E-state index contributed by atoms with van der Waals surface area (Å²) >= 11 is 0. The molecule has 0 aliphatic rings. The number of rotatable bonds is 3. The van der Waals surface area contributed by atoms with Gasteiger partial charge in [-0.3, -0.25) is 9.59 Å². The Hall–Kier alpha value is -1.38. The first kappa shape index (κ1) is 10.7. The molecule has 0 radical (unpaired) electrons. The van der Waals surface area contributed by atoms with E-state index in [1.54, 1.807) is 6.07 Å². The lowest BCUT2D eigenvalue weighted by Gasteiger charge is -2.09. The lowest BCUT2D eigenvalue weighted by molar-refractivity contribution is -0.122. The van der Waals surface area contributed by atoms with Crippen LogP contribution >= 0.6 is 0 Å². The molecule has 0 aromatic carbocycles. The van der Waals surface area contributed by atoms with E-state index in [1.807, 2.05) is 26.8 Å². The second kappa shape index (κ2) is 4.22. The van der Waals surface area contributed by atoms with Crippen LogP contribution in [0.25, 0.3) is 0 Å². The molecule has 0 bridgehead atoms. The second-order valence-corrected chi connectivity index (χ2v) is 3.71. The van der Waals surface area contributed by atoms with Gasteiger partial charge in [0.25, 0.3) is 5.56 Å². The minimum Gasteiger partial charge on any atom is -0.306 e. The largest absolute Gasteiger partial charge is 0.306 e. The van der Waals surface area contributed by atoms with Gasteiger partial charge < -0.3 is 4.57 Å². The van der Waals surface area contributed by atoms with E-state index in [1.165, 1.54) is 10.6 Å². The van der Waals surface area contributed by atoms with E-state index in [4.69, 9.17) is 0 Å². The van der Waals surface area contributed by atoms with Crippen LogP contribution in [0.15, 0.2) is 23.0 Å². The highest BCUT2D eigenvalue weighted by atomic mass is 16.1. The van der Waals surface area contributed by atoms with Crippen LogP contribution in [0, 0.1) is 12.8 Å². The summed E-state index contributed by atoms with van der Waals surface area (Å²) < 4.78 is 1.50. The third kappa shape index (κ3) is 2.31. The number of carbonyl (C=O) groups excluding carboxylic acids is 1. The van der Waals surface area contributed by atoms with Crippen LogP contribution in [0.5, 0.6) is 0 Å². The average molecular weight is 193 g/mol. The van der Waals surface area contributed by atoms with Crippen molar-refractivity contribution < 1.29 is 4.79 Å². The van der Waals surface area contributed by atoms with Crippen LogP contribution in [0.2, 0.25) is 0 Å². The number of hydrogen-bond acceptors (Lipinski definition) is 2. The number of aromatic nitrogens is 1. The summed E-state index contributed by atoms with van der Waals surface area (Å²) in [4.78, 5) is 22.9. The Balaban J connectivity index is 2.97. The summed E-state index contributed by atoms with van der Waals surface area (Å²) in [6.45, 7) is 5.69. The molecule has 0 N–H and O–H groups in total. The molecule has 0 aliphatic carbocycles. The molecule has 0 atom stereocenters. The van der Waals surface area contributed by atoms with Crippen molar-refractivity contribution >= 4 is 5.78 Å². The molecule has 1 heterocycles. The third-order valence-electron chi connectivity index (χ3n) is 2.23. The van der Waals surface area contributed by atoms with Crippen molar-refractivity contribution in [2.45, 2.75) is 27.3 Å². The number of aryl methyl sites for hydroxylation is 1. The van der Waals surface area contributed by atoms with Crippen LogP contribution < -0.4 is 5.56 Å². The van der Waals surface area contributed by atoms with Crippen molar-refractivity contribution in [1.29, 1.82) is 0 Å². The summed E-state index contributed by atoms with van der Waals surface area (Å²) in [5, 5.41) is 0. The minimum absolute atomic E-state index is 0.0264. The van der Waals surface area contributed by atoms with Crippen molar-refractivity contribution in [3.05, 3.63) is 34.2 Å². The molecule has 0 saturated heterocycles. The molecular weight excluding hydrogens is 178 g/mol. The molecule has 0 aliphatic heterocycles. The van der Waals surface area contributed by atoms with E-state index in [9.17, 15) is 9.59 Å². The van der Waals surface area contributed by atoms with E-state index >= 15 is 0 Å². The Morgan fingerprint density at radius 1 is 1.43 bits per heavy atom. The van der Waals surface area contributed by atoms with Crippen LogP contribution in [0.3, 0.4) is 0 Å². The van der Waals surface area contributed by atoms with Gasteiger partial charge in [0.15, 0.2) is 5.78 Å². The van der Waals surface area contributed by atoms with E-state index in [0.717, 1.165) is 5.69 Å². The fourth-order valence-corrected chi connectivity index (χ4v) is 1.16. The molecule has 1 aromatic heterocycles. The first-order chi connectivity index (χ1) is 6.52. The average Bonchev–Trinajstić information content (AvgIpc) is 2.11. The second-order valence-electron chi connectivity index (χ2n) is 3.71. The SMILES string of the molecule is Cc1cccc(=O)n1CC(=O)C(C)C. The maximum Gasteiger partial charge on any atom is 0.251 e. The molecule has 14 heavy (non-hydrogen) atoms. The predicted octanol–water partition coefficient (Wildman–Crippen LogP) is 1.38. The van der Waals surface area contributed by atoms with E-state index in [-0.39, 0.29) is 23.8 Å². The zero-order chi connectivity index (χ0) is 10.7. The normalized spacial score (nSPS) is 10.6. The molecule has 0 amide bonds. The molecule has 76 valence electrons. The van der Waals surface area contributed by atoms with Crippen LogP contribution in [0.1, 0.15) is 19.5 Å². The summed E-state index contributed by atoms with van der Waals surface area (Å²) in [5.74, 6) is 0.0582. The van der Waals surface area contributed by atoms with Crippen LogP contribution in [0.4, 0.5) is 0 Å². The van der Waals surface area contributed by atoms with Gasteiger partial charge in [-0.15, -0.1) is 0 Å². The number of carbonyl (C=O) groups is 1. The monoisotopic (exact) mass is 193 g/mol. The van der Waals surface area contributed by atoms with E-state index in [2.05, 4.69) is 0 Å². The van der Waals surface area contributed by atoms with Gasteiger partial charge in [0.05, 0.1) is 6.54 Å². The number of ketones is 1. The smallest absolute Gasteiger partial charge is 0.251 e. The van der Waals surface area contributed by atoms with Crippen molar-refractivity contribution in [1.82, 2.24) is 4.57 Å². The predicted molar refractivity (Wildman–Crippen MR) is 55.3 cm³/mol. The molecule has 0 fully saturated rings. The number of hydrogen-bond donors (Lipinski definition) is 0. The Labute approximate surface area is 83.4 Å². The van der Waals surface area contributed by atoms with E-state index in [0.29, 0.717) is 0 Å². The molecule has 1 aromatic rings.